The molecule has 0 radical (unpaired) electrons. The average molecular weight is 365 g/mol. The standard InChI is InChI=1S/C17H20IN/c1-3-14-4-8-16(9-5-14)13(2)19-12-15-6-10-17(18)11-7-15/h4-11,13,19H,3,12H2,1-2H3. The average Bonchev–Trinajstić information content (AvgIpc) is 2.46. The molecule has 0 aromatic heterocycles. The van der Waals surface area contributed by atoms with Crippen molar-refractivity contribution < 1.29 is 0 Å². The van der Waals surface area contributed by atoms with E-state index in [-0.39, 0.29) is 0 Å². The molecule has 2 aromatic carbocycles. The topological polar surface area (TPSA) is 12.0 Å². The Labute approximate surface area is 129 Å². The summed E-state index contributed by atoms with van der Waals surface area (Å²) in [5, 5.41) is 3.57. The molecule has 0 aliphatic rings. The minimum Gasteiger partial charge on any atom is -0.306 e. The van der Waals surface area contributed by atoms with E-state index in [9.17, 15) is 0 Å². The van der Waals surface area contributed by atoms with E-state index in [2.05, 4.69) is 90.3 Å². The Morgan fingerprint density at radius 2 is 1.53 bits per heavy atom. The van der Waals surface area contributed by atoms with Crippen LogP contribution >= 0.6 is 22.6 Å². The summed E-state index contributed by atoms with van der Waals surface area (Å²) < 4.78 is 1.28. The normalized spacial score (nSPS) is 12.4. The van der Waals surface area contributed by atoms with Gasteiger partial charge < -0.3 is 5.32 Å². The number of rotatable bonds is 5. The number of hydrogen-bond donors (Lipinski definition) is 1. The van der Waals surface area contributed by atoms with Crippen molar-refractivity contribution in [2.75, 3.05) is 0 Å². The Bertz CT molecular complexity index is 502. The fourth-order valence-electron chi connectivity index (χ4n) is 2.03. The highest BCUT2D eigenvalue weighted by molar-refractivity contribution is 14.1. The van der Waals surface area contributed by atoms with Gasteiger partial charge in [-0.2, -0.15) is 0 Å². The highest BCUT2D eigenvalue weighted by Gasteiger charge is 2.04. The Balaban J connectivity index is 1.93. The zero-order valence-electron chi connectivity index (χ0n) is 11.5. The molecule has 0 amide bonds. The second-order valence-corrected chi connectivity index (χ2v) is 6.07. The molecule has 1 N–H and O–H groups in total. The van der Waals surface area contributed by atoms with E-state index in [4.69, 9.17) is 0 Å². The van der Waals surface area contributed by atoms with Crippen molar-refractivity contribution >= 4 is 22.6 Å². The van der Waals surface area contributed by atoms with Crippen molar-refractivity contribution in [2.45, 2.75) is 32.9 Å². The summed E-state index contributed by atoms with van der Waals surface area (Å²) in [7, 11) is 0. The summed E-state index contributed by atoms with van der Waals surface area (Å²) in [5.74, 6) is 0. The monoisotopic (exact) mass is 365 g/mol. The fourth-order valence-corrected chi connectivity index (χ4v) is 2.39. The Morgan fingerprint density at radius 1 is 0.947 bits per heavy atom. The van der Waals surface area contributed by atoms with Gasteiger partial charge in [-0.15, -0.1) is 0 Å². The molecule has 0 saturated heterocycles. The van der Waals surface area contributed by atoms with Gasteiger partial charge >= 0.3 is 0 Å². The molecule has 1 nitrogen and oxygen atoms in total. The Kier molecular flexibility index (Phi) is 5.40. The first-order valence-electron chi connectivity index (χ1n) is 6.75. The number of aryl methyl sites for hydroxylation is 1. The van der Waals surface area contributed by atoms with Crippen LogP contribution in [0.1, 0.15) is 36.6 Å². The summed E-state index contributed by atoms with van der Waals surface area (Å²) in [6.07, 6.45) is 1.10. The first kappa shape index (κ1) is 14.5. The number of nitrogens with one attached hydrogen (secondary N) is 1. The third-order valence-corrected chi connectivity index (χ3v) is 4.13. The van der Waals surface area contributed by atoms with Crippen LogP contribution in [0.3, 0.4) is 0 Å². The molecule has 1 unspecified atom stereocenters. The lowest BCUT2D eigenvalue weighted by atomic mass is 10.0. The molecule has 2 aromatic rings. The number of hydrogen-bond acceptors (Lipinski definition) is 1. The van der Waals surface area contributed by atoms with Gasteiger partial charge in [0, 0.05) is 16.2 Å². The van der Waals surface area contributed by atoms with Crippen molar-refractivity contribution in [2.24, 2.45) is 0 Å². The Hall–Kier alpha value is -0.870. The van der Waals surface area contributed by atoms with Crippen LogP contribution in [0.25, 0.3) is 0 Å². The lowest BCUT2D eigenvalue weighted by molar-refractivity contribution is 0.574. The second kappa shape index (κ2) is 7.06. The van der Waals surface area contributed by atoms with E-state index < -0.39 is 0 Å². The third-order valence-electron chi connectivity index (χ3n) is 3.41. The van der Waals surface area contributed by atoms with E-state index in [0.717, 1.165) is 13.0 Å². The molecular formula is C17H20IN. The minimum absolute atomic E-state index is 0.380. The van der Waals surface area contributed by atoms with Crippen LogP contribution in [0.4, 0.5) is 0 Å². The molecule has 0 fully saturated rings. The second-order valence-electron chi connectivity index (χ2n) is 4.82. The molecule has 2 heteroatoms. The van der Waals surface area contributed by atoms with Crippen LogP contribution in [-0.2, 0) is 13.0 Å². The summed E-state index contributed by atoms with van der Waals surface area (Å²) in [6.45, 7) is 5.31. The van der Waals surface area contributed by atoms with Gasteiger partial charge in [0.1, 0.15) is 0 Å². The van der Waals surface area contributed by atoms with Gasteiger partial charge in [-0.1, -0.05) is 43.3 Å². The van der Waals surface area contributed by atoms with Crippen molar-refractivity contribution in [3.63, 3.8) is 0 Å². The molecule has 2 rings (SSSR count). The zero-order valence-corrected chi connectivity index (χ0v) is 13.6. The predicted molar refractivity (Wildman–Crippen MR) is 90.2 cm³/mol. The maximum Gasteiger partial charge on any atom is 0.0294 e. The number of halogens is 1. The lowest BCUT2D eigenvalue weighted by Gasteiger charge is -2.15. The van der Waals surface area contributed by atoms with Crippen LogP contribution in [0.2, 0.25) is 0 Å². The van der Waals surface area contributed by atoms with Crippen LogP contribution in [0, 0.1) is 3.57 Å². The smallest absolute Gasteiger partial charge is 0.0294 e. The van der Waals surface area contributed by atoms with E-state index in [1.807, 2.05) is 0 Å². The molecule has 19 heavy (non-hydrogen) atoms. The fraction of sp³-hybridized carbons (Fsp3) is 0.294. The molecule has 0 aliphatic heterocycles. The van der Waals surface area contributed by atoms with E-state index in [1.54, 1.807) is 0 Å². The van der Waals surface area contributed by atoms with Gasteiger partial charge in [0.05, 0.1) is 0 Å². The predicted octanol–water partition coefficient (Wildman–Crippen LogP) is 4.70. The quantitative estimate of drug-likeness (QED) is 0.757. The highest BCUT2D eigenvalue weighted by atomic mass is 127. The molecule has 0 spiro atoms. The van der Waals surface area contributed by atoms with Gasteiger partial charge in [0.2, 0.25) is 0 Å². The van der Waals surface area contributed by atoms with E-state index in [1.165, 1.54) is 20.3 Å². The zero-order chi connectivity index (χ0) is 13.7. The highest BCUT2D eigenvalue weighted by Crippen LogP contribution is 2.15. The van der Waals surface area contributed by atoms with E-state index >= 15 is 0 Å². The van der Waals surface area contributed by atoms with Crippen LogP contribution in [0.15, 0.2) is 48.5 Å². The van der Waals surface area contributed by atoms with Gasteiger partial charge in [-0.3, -0.25) is 0 Å². The first-order chi connectivity index (χ1) is 9.19. The maximum absolute atomic E-state index is 3.57. The van der Waals surface area contributed by atoms with Crippen LogP contribution < -0.4 is 5.32 Å². The lowest BCUT2D eigenvalue weighted by Crippen LogP contribution is -2.18. The summed E-state index contributed by atoms with van der Waals surface area (Å²) in [4.78, 5) is 0. The van der Waals surface area contributed by atoms with Crippen molar-refractivity contribution in [1.29, 1.82) is 0 Å². The largest absolute Gasteiger partial charge is 0.306 e. The first-order valence-corrected chi connectivity index (χ1v) is 7.83. The molecule has 0 heterocycles. The molecule has 0 aliphatic carbocycles. The molecular weight excluding hydrogens is 345 g/mol. The molecule has 100 valence electrons. The van der Waals surface area contributed by atoms with Gasteiger partial charge in [-0.05, 0) is 64.8 Å². The van der Waals surface area contributed by atoms with Gasteiger partial charge in [0.25, 0.3) is 0 Å². The molecule has 0 saturated carbocycles. The SMILES string of the molecule is CCc1ccc(C(C)NCc2ccc(I)cc2)cc1. The van der Waals surface area contributed by atoms with Crippen molar-refractivity contribution in [3.05, 3.63) is 68.8 Å². The molecule has 1 atom stereocenters. The van der Waals surface area contributed by atoms with Gasteiger partial charge in [-0.25, -0.2) is 0 Å². The minimum atomic E-state index is 0.380. The summed E-state index contributed by atoms with van der Waals surface area (Å²) >= 11 is 2.33. The summed E-state index contributed by atoms with van der Waals surface area (Å²) in [5.41, 5.74) is 4.08. The van der Waals surface area contributed by atoms with Crippen molar-refractivity contribution in [3.8, 4) is 0 Å². The third kappa shape index (κ3) is 4.32. The van der Waals surface area contributed by atoms with Crippen molar-refractivity contribution in [1.82, 2.24) is 5.32 Å². The van der Waals surface area contributed by atoms with Crippen LogP contribution in [-0.4, -0.2) is 0 Å². The Morgan fingerprint density at radius 3 is 2.11 bits per heavy atom. The molecule has 0 bridgehead atoms. The van der Waals surface area contributed by atoms with Crippen LogP contribution in [0.5, 0.6) is 0 Å². The number of benzene rings is 2. The van der Waals surface area contributed by atoms with Gasteiger partial charge in [0.15, 0.2) is 0 Å². The van der Waals surface area contributed by atoms with E-state index in [0.29, 0.717) is 6.04 Å². The summed E-state index contributed by atoms with van der Waals surface area (Å²) in [6, 6.07) is 17.9. The maximum atomic E-state index is 3.57.